The van der Waals surface area contributed by atoms with Crippen molar-refractivity contribution in [1.29, 1.82) is 0 Å². The molecule has 3 aromatic rings. The second kappa shape index (κ2) is 5.38. The highest BCUT2D eigenvalue weighted by molar-refractivity contribution is 9.10. The summed E-state index contributed by atoms with van der Waals surface area (Å²) in [6.07, 6.45) is 1.97. The maximum absolute atomic E-state index is 4.50. The van der Waals surface area contributed by atoms with Gasteiger partial charge in [-0.3, -0.25) is 4.68 Å². The lowest BCUT2D eigenvalue weighted by Crippen LogP contribution is -2.18. The number of nitrogens with one attached hydrogen (secondary N) is 1. The standard InChI is InChI=1S/C16H16BrN3/c1-18-16(15-7-8-20(2)19-15)13-4-3-12-10-14(17)6-5-11(12)9-13/h3-10,16,18H,1-2H3. The highest BCUT2D eigenvalue weighted by atomic mass is 79.9. The van der Waals surface area contributed by atoms with Crippen molar-refractivity contribution in [2.24, 2.45) is 7.05 Å². The Labute approximate surface area is 126 Å². The number of halogens is 1. The SMILES string of the molecule is CNC(c1ccc2cc(Br)ccc2c1)c1ccn(C)n1. The fourth-order valence-electron chi connectivity index (χ4n) is 2.49. The third kappa shape index (κ3) is 2.49. The number of benzene rings is 2. The topological polar surface area (TPSA) is 29.9 Å². The number of hydrogen-bond donors (Lipinski definition) is 1. The Bertz CT molecular complexity index is 748. The molecule has 0 amide bonds. The molecule has 20 heavy (non-hydrogen) atoms. The van der Waals surface area contributed by atoms with Gasteiger partial charge in [-0.25, -0.2) is 0 Å². The van der Waals surface area contributed by atoms with Gasteiger partial charge in [-0.2, -0.15) is 5.10 Å². The van der Waals surface area contributed by atoms with Gasteiger partial charge in [-0.05, 0) is 47.6 Å². The molecule has 3 nitrogen and oxygen atoms in total. The van der Waals surface area contributed by atoms with Crippen molar-refractivity contribution in [2.45, 2.75) is 6.04 Å². The van der Waals surface area contributed by atoms with Crippen LogP contribution in [0.25, 0.3) is 10.8 Å². The fraction of sp³-hybridized carbons (Fsp3) is 0.188. The molecule has 0 saturated heterocycles. The van der Waals surface area contributed by atoms with Gasteiger partial charge >= 0.3 is 0 Å². The Kier molecular flexibility index (Phi) is 3.59. The summed E-state index contributed by atoms with van der Waals surface area (Å²) < 4.78 is 2.94. The van der Waals surface area contributed by atoms with E-state index >= 15 is 0 Å². The first-order chi connectivity index (χ1) is 9.67. The van der Waals surface area contributed by atoms with Crippen LogP contribution in [0.4, 0.5) is 0 Å². The lowest BCUT2D eigenvalue weighted by atomic mass is 10.00. The van der Waals surface area contributed by atoms with Crippen LogP contribution in [0.3, 0.4) is 0 Å². The van der Waals surface area contributed by atoms with E-state index in [1.807, 2.05) is 31.0 Å². The molecule has 4 heteroatoms. The van der Waals surface area contributed by atoms with Crippen LogP contribution in [0, 0.1) is 0 Å². The zero-order valence-corrected chi connectivity index (χ0v) is 13.1. The molecule has 1 unspecified atom stereocenters. The minimum absolute atomic E-state index is 0.115. The van der Waals surface area contributed by atoms with Gasteiger partial charge in [-0.1, -0.05) is 34.1 Å². The molecule has 0 aliphatic rings. The van der Waals surface area contributed by atoms with Gasteiger partial charge in [0.25, 0.3) is 0 Å². The number of hydrogen-bond acceptors (Lipinski definition) is 2. The Morgan fingerprint density at radius 3 is 2.55 bits per heavy atom. The van der Waals surface area contributed by atoms with E-state index in [4.69, 9.17) is 0 Å². The van der Waals surface area contributed by atoms with Gasteiger partial charge in [0.15, 0.2) is 0 Å². The molecule has 3 rings (SSSR count). The van der Waals surface area contributed by atoms with Gasteiger partial charge in [0.1, 0.15) is 0 Å². The summed E-state index contributed by atoms with van der Waals surface area (Å²) >= 11 is 3.51. The molecule has 2 aromatic carbocycles. The predicted octanol–water partition coefficient (Wildman–Crippen LogP) is 3.64. The second-order valence-electron chi connectivity index (χ2n) is 4.89. The molecule has 0 aliphatic heterocycles. The zero-order valence-electron chi connectivity index (χ0n) is 11.5. The molecule has 1 heterocycles. The van der Waals surface area contributed by atoms with Crippen molar-refractivity contribution < 1.29 is 0 Å². The average Bonchev–Trinajstić information content (AvgIpc) is 2.86. The third-order valence-corrected chi connectivity index (χ3v) is 3.97. The Morgan fingerprint density at radius 1 is 1.10 bits per heavy atom. The summed E-state index contributed by atoms with van der Waals surface area (Å²) in [6, 6.07) is 15.0. The summed E-state index contributed by atoms with van der Waals surface area (Å²) in [5.74, 6) is 0. The molecule has 102 valence electrons. The van der Waals surface area contributed by atoms with Crippen molar-refractivity contribution in [1.82, 2.24) is 15.1 Å². The van der Waals surface area contributed by atoms with Crippen molar-refractivity contribution in [2.75, 3.05) is 7.05 Å². The van der Waals surface area contributed by atoms with E-state index in [9.17, 15) is 0 Å². The highest BCUT2D eigenvalue weighted by Crippen LogP contribution is 2.26. The van der Waals surface area contributed by atoms with E-state index in [1.165, 1.54) is 16.3 Å². The van der Waals surface area contributed by atoms with Crippen LogP contribution < -0.4 is 5.32 Å². The van der Waals surface area contributed by atoms with Crippen LogP contribution in [0.2, 0.25) is 0 Å². The summed E-state index contributed by atoms with van der Waals surface area (Å²) in [5.41, 5.74) is 2.26. The minimum atomic E-state index is 0.115. The number of rotatable bonds is 3. The van der Waals surface area contributed by atoms with Crippen LogP contribution in [-0.4, -0.2) is 16.8 Å². The molecular weight excluding hydrogens is 314 g/mol. The number of fused-ring (bicyclic) bond motifs is 1. The fourth-order valence-corrected chi connectivity index (χ4v) is 2.87. The largest absolute Gasteiger partial charge is 0.308 e. The summed E-state index contributed by atoms with van der Waals surface area (Å²) in [6.45, 7) is 0. The molecule has 1 N–H and O–H groups in total. The Hall–Kier alpha value is -1.65. The molecular formula is C16H16BrN3. The normalized spacial score (nSPS) is 12.8. The molecule has 0 radical (unpaired) electrons. The van der Waals surface area contributed by atoms with E-state index in [0.717, 1.165) is 10.2 Å². The molecule has 0 bridgehead atoms. The smallest absolute Gasteiger partial charge is 0.0839 e. The minimum Gasteiger partial charge on any atom is -0.308 e. The summed E-state index contributed by atoms with van der Waals surface area (Å²) in [5, 5.41) is 10.3. The van der Waals surface area contributed by atoms with E-state index < -0.39 is 0 Å². The number of aromatic nitrogens is 2. The van der Waals surface area contributed by atoms with Gasteiger partial charge in [-0.15, -0.1) is 0 Å². The molecule has 0 aliphatic carbocycles. The van der Waals surface area contributed by atoms with E-state index in [0.29, 0.717) is 0 Å². The highest BCUT2D eigenvalue weighted by Gasteiger charge is 2.14. The predicted molar refractivity (Wildman–Crippen MR) is 85.8 cm³/mol. The summed E-state index contributed by atoms with van der Waals surface area (Å²) in [4.78, 5) is 0. The monoisotopic (exact) mass is 329 g/mol. The van der Waals surface area contributed by atoms with E-state index in [2.05, 4.69) is 62.7 Å². The van der Waals surface area contributed by atoms with Crippen molar-refractivity contribution >= 4 is 26.7 Å². The van der Waals surface area contributed by atoms with Crippen LogP contribution in [0.1, 0.15) is 17.3 Å². The Balaban J connectivity index is 2.05. The molecule has 0 spiro atoms. The van der Waals surface area contributed by atoms with E-state index in [-0.39, 0.29) is 6.04 Å². The zero-order chi connectivity index (χ0) is 14.1. The number of aryl methyl sites for hydroxylation is 1. The maximum atomic E-state index is 4.50. The first-order valence-electron chi connectivity index (χ1n) is 6.53. The molecule has 1 aromatic heterocycles. The van der Waals surface area contributed by atoms with Crippen LogP contribution in [-0.2, 0) is 7.05 Å². The van der Waals surface area contributed by atoms with Gasteiger partial charge < -0.3 is 5.32 Å². The van der Waals surface area contributed by atoms with Crippen LogP contribution >= 0.6 is 15.9 Å². The molecule has 1 atom stereocenters. The van der Waals surface area contributed by atoms with Gasteiger partial charge in [0.2, 0.25) is 0 Å². The maximum Gasteiger partial charge on any atom is 0.0839 e. The first kappa shape index (κ1) is 13.3. The lowest BCUT2D eigenvalue weighted by Gasteiger charge is -2.15. The van der Waals surface area contributed by atoms with Gasteiger partial charge in [0, 0.05) is 17.7 Å². The van der Waals surface area contributed by atoms with Crippen molar-refractivity contribution in [3.8, 4) is 0 Å². The van der Waals surface area contributed by atoms with Gasteiger partial charge in [0.05, 0.1) is 11.7 Å². The Morgan fingerprint density at radius 2 is 1.85 bits per heavy atom. The number of nitrogens with zero attached hydrogens (tertiary/aromatic N) is 2. The lowest BCUT2D eigenvalue weighted by molar-refractivity contribution is 0.642. The van der Waals surface area contributed by atoms with Crippen LogP contribution in [0.5, 0.6) is 0 Å². The average molecular weight is 330 g/mol. The summed E-state index contributed by atoms with van der Waals surface area (Å²) in [7, 11) is 3.90. The molecule has 0 fully saturated rings. The van der Waals surface area contributed by atoms with Crippen molar-refractivity contribution in [3.63, 3.8) is 0 Å². The van der Waals surface area contributed by atoms with Crippen LogP contribution in [0.15, 0.2) is 53.1 Å². The van der Waals surface area contributed by atoms with Crippen molar-refractivity contribution in [3.05, 3.63) is 64.4 Å². The quantitative estimate of drug-likeness (QED) is 0.794. The first-order valence-corrected chi connectivity index (χ1v) is 7.33. The van der Waals surface area contributed by atoms with E-state index in [1.54, 1.807) is 0 Å². The molecule has 0 saturated carbocycles. The second-order valence-corrected chi connectivity index (χ2v) is 5.80. The third-order valence-electron chi connectivity index (χ3n) is 3.48.